The quantitative estimate of drug-likeness (QED) is 0.264. The molecule has 0 fully saturated rings. The number of hydrogen-bond acceptors (Lipinski definition) is 5. The third kappa shape index (κ3) is 3.42. The van der Waals surface area contributed by atoms with Crippen LogP contribution in [0.5, 0.6) is 0 Å². The van der Waals surface area contributed by atoms with Crippen molar-refractivity contribution >= 4 is 17.9 Å². The van der Waals surface area contributed by atoms with E-state index in [4.69, 9.17) is 0 Å². The van der Waals surface area contributed by atoms with Crippen LogP contribution in [0.4, 0.5) is 5.69 Å². The van der Waals surface area contributed by atoms with E-state index in [1.807, 2.05) is 0 Å². The summed E-state index contributed by atoms with van der Waals surface area (Å²) in [7, 11) is 1.18. The second-order valence-electron chi connectivity index (χ2n) is 3.19. The standard InChI is InChI=1S/C12H9NO5/c1-18-12(15)10-6-9(4-2-3-5-14)7-11(8-10)13(16)17/h5-8H,3H2,1H3. The van der Waals surface area contributed by atoms with Crippen LogP contribution in [-0.2, 0) is 9.53 Å². The lowest BCUT2D eigenvalue weighted by Crippen LogP contribution is -2.03. The summed E-state index contributed by atoms with van der Waals surface area (Å²) in [5.41, 5.74) is 0.0712. The largest absolute Gasteiger partial charge is 0.465 e. The first kappa shape index (κ1) is 13.4. The van der Waals surface area contributed by atoms with E-state index in [2.05, 4.69) is 16.6 Å². The Labute approximate surface area is 103 Å². The number of nitrogens with zero attached hydrogens (tertiary/aromatic N) is 1. The fourth-order valence-corrected chi connectivity index (χ4v) is 1.22. The van der Waals surface area contributed by atoms with Crippen molar-refractivity contribution in [3.05, 3.63) is 39.4 Å². The summed E-state index contributed by atoms with van der Waals surface area (Å²) in [5.74, 6) is 4.39. The van der Waals surface area contributed by atoms with E-state index < -0.39 is 10.9 Å². The highest BCUT2D eigenvalue weighted by atomic mass is 16.6. The van der Waals surface area contributed by atoms with Crippen molar-refractivity contribution in [2.45, 2.75) is 6.42 Å². The van der Waals surface area contributed by atoms with Crippen molar-refractivity contribution in [1.29, 1.82) is 0 Å². The summed E-state index contributed by atoms with van der Waals surface area (Å²) >= 11 is 0. The predicted molar refractivity (Wildman–Crippen MR) is 62.0 cm³/mol. The monoisotopic (exact) mass is 247 g/mol. The highest BCUT2D eigenvalue weighted by molar-refractivity contribution is 5.90. The number of benzene rings is 1. The van der Waals surface area contributed by atoms with Crippen molar-refractivity contribution in [3.8, 4) is 11.8 Å². The van der Waals surface area contributed by atoms with Gasteiger partial charge in [-0.2, -0.15) is 0 Å². The zero-order chi connectivity index (χ0) is 13.5. The number of non-ortho nitro benzene ring substituents is 1. The minimum absolute atomic E-state index is 0.0241. The number of esters is 1. The molecule has 1 rings (SSSR count). The molecule has 0 aromatic heterocycles. The lowest BCUT2D eigenvalue weighted by molar-refractivity contribution is -0.384. The molecule has 6 nitrogen and oxygen atoms in total. The molecule has 6 heteroatoms. The van der Waals surface area contributed by atoms with E-state index in [-0.39, 0.29) is 23.2 Å². The maximum absolute atomic E-state index is 11.3. The zero-order valence-corrected chi connectivity index (χ0v) is 9.50. The zero-order valence-electron chi connectivity index (χ0n) is 9.50. The van der Waals surface area contributed by atoms with Crippen molar-refractivity contribution in [3.63, 3.8) is 0 Å². The van der Waals surface area contributed by atoms with Gasteiger partial charge in [0.25, 0.3) is 5.69 Å². The van der Waals surface area contributed by atoms with Crippen LogP contribution in [0.2, 0.25) is 0 Å². The first-order chi connectivity index (χ1) is 8.58. The van der Waals surface area contributed by atoms with Gasteiger partial charge in [-0.05, 0) is 6.07 Å². The first-order valence-corrected chi connectivity index (χ1v) is 4.88. The molecule has 92 valence electrons. The molecule has 0 amide bonds. The molecule has 1 aromatic rings. The van der Waals surface area contributed by atoms with E-state index >= 15 is 0 Å². The lowest BCUT2D eigenvalue weighted by atomic mass is 10.1. The molecule has 0 aliphatic heterocycles. The summed E-state index contributed by atoms with van der Waals surface area (Å²) in [6.07, 6.45) is 0.641. The average Bonchev–Trinajstić information content (AvgIpc) is 2.37. The second-order valence-corrected chi connectivity index (χ2v) is 3.19. The summed E-state index contributed by atoms with van der Waals surface area (Å²) in [6, 6.07) is 3.71. The van der Waals surface area contributed by atoms with E-state index in [0.29, 0.717) is 6.29 Å². The third-order valence-corrected chi connectivity index (χ3v) is 1.97. The minimum atomic E-state index is -0.683. The normalized spacial score (nSPS) is 8.94. The Balaban J connectivity index is 3.23. The molecular formula is C12H9NO5. The first-order valence-electron chi connectivity index (χ1n) is 4.88. The summed E-state index contributed by atoms with van der Waals surface area (Å²) in [4.78, 5) is 31.5. The van der Waals surface area contributed by atoms with Gasteiger partial charge in [-0.25, -0.2) is 4.79 Å². The van der Waals surface area contributed by atoms with Crippen LogP contribution in [0, 0.1) is 22.0 Å². The van der Waals surface area contributed by atoms with Crippen LogP contribution < -0.4 is 0 Å². The number of nitro groups is 1. The Hall–Kier alpha value is -2.68. The van der Waals surface area contributed by atoms with Gasteiger partial charge < -0.3 is 9.53 Å². The van der Waals surface area contributed by atoms with Crippen LogP contribution in [0.15, 0.2) is 18.2 Å². The molecule has 0 aliphatic rings. The molecule has 0 saturated heterocycles. The fraction of sp³-hybridized carbons (Fsp3) is 0.167. The summed E-state index contributed by atoms with van der Waals surface area (Å²) < 4.78 is 4.49. The fourth-order valence-electron chi connectivity index (χ4n) is 1.22. The highest BCUT2D eigenvalue weighted by Crippen LogP contribution is 2.17. The average molecular weight is 247 g/mol. The number of methoxy groups -OCH3 is 1. The SMILES string of the molecule is COC(=O)c1cc(C#CCC=O)cc([N+](=O)[O-])c1. The number of rotatable bonds is 3. The Kier molecular flexibility index (Phi) is 4.58. The van der Waals surface area contributed by atoms with Gasteiger partial charge >= 0.3 is 5.97 Å². The van der Waals surface area contributed by atoms with Gasteiger partial charge in [0.15, 0.2) is 0 Å². The van der Waals surface area contributed by atoms with Crippen LogP contribution in [0.1, 0.15) is 22.3 Å². The Morgan fingerprint density at radius 2 is 2.22 bits per heavy atom. The Morgan fingerprint density at radius 3 is 2.78 bits per heavy atom. The minimum Gasteiger partial charge on any atom is -0.465 e. The van der Waals surface area contributed by atoms with Gasteiger partial charge in [-0.1, -0.05) is 11.8 Å². The van der Waals surface area contributed by atoms with Crippen molar-refractivity contribution < 1.29 is 19.2 Å². The Morgan fingerprint density at radius 1 is 1.50 bits per heavy atom. The molecule has 1 aromatic carbocycles. The number of carbonyl (C=O) groups excluding carboxylic acids is 2. The van der Waals surface area contributed by atoms with Crippen molar-refractivity contribution in [1.82, 2.24) is 0 Å². The molecule has 0 heterocycles. The smallest absolute Gasteiger partial charge is 0.338 e. The van der Waals surface area contributed by atoms with Crippen LogP contribution >= 0.6 is 0 Å². The molecule has 0 unspecified atom stereocenters. The lowest BCUT2D eigenvalue weighted by Gasteiger charge is -2.00. The maximum atomic E-state index is 11.3. The molecule has 0 aliphatic carbocycles. The summed E-state index contributed by atoms with van der Waals surface area (Å²) in [5, 5.41) is 10.7. The van der Waals surface area contributed by atoms with Gasteiger partial charge in [-0.15, -0.1) is 0 Å². The molecule has 0 radical (unpaired) electrons. The van der Waals surface area contributed by atoms with Gasteiger partial charge in [0.05, 0.1) is 24.0 Å². The number of aldehydes is 1. The van der Waals surface area contributed by atoms with E-state index in [9.17, 15) is 19.7 Å². The molecular weight excluding hydrogens is 238 g/mol. The van der Waals surface area contributed by atoms with Gasteiger partial charge in [0.1, 0.15) is 6.29 Å². The van der Waals surface area contributed by atoms with E-state index in [1.54, 1.807) is 0 Å². The topological polar surface area (TPSA) is 86.5 Å². The number of nitro benzene ring substituents is 1. The predicted octanol–water partition coefficient (Wildman–Crippen LogP) is 1.32. The van der Waals surface area contributed by atoms with Crippen molar-refractivity contribution in [2.75, 3.05) is 7.11 Å². The van der Waals surface area contributed by atoms with Crippen molar-refractivity contribution in [2.24, 2.45) is 0 Å². The van der Waals surface area contributed by atoms with E-state index in [0.717, 1.165) is 6.07 Å². The van der Waals surface area contributed by atoms with E-state index in [1.165, 1.54) is 19.2 Å². The van der Waals surface area contributed by atoms with Crippen LogP contribution in [-0.4, -0.2) is 24.3 Å². The van der Waals surface area contributed by atoms with Gasteiger partial charge in [-0.3, -0.25) is 10.1 Å². The number of ether oxygens (including phenoxy) is 1. The third-order valence-electron chi connectivity index (χ3n) is 1.97. The van der Waals surface area contributed by atoms with Crippen LogP contribution in [0.3, 0.4) is 0 Å². The number of hydrogen-bond donors (Lipinski definition) is 0. The summed E-state index contributed by atoms with van der Waals surface area (Å²) in [6.45, 7) is 0. The highest BCUT2D eigenvalue weighted by Gasteiger charge is 2.14. The maximum Gasteiger partial charge on any atom is 0.338 e. The molecule has 0 saturated carbocycles. The molecule has 18 heavy (non-hydrogen) atoms. The molecule has 0 bridgehead atoms. The second kappa shape index (κ2) is 6.15. The molecule has 0 spiro atoms. The van der Waals surface area contributed by atoms with Gasteiger partial charge in [0, 0.05) is 17.7 Å². The molecule has 0 atom stereocenters. The number of carbonyl (C=O) groups is 2. The molecule has 0 N–H and O–H groups in total. The van der Waals surface area contributed by atoms with Gasteiger partial charge in [0.2, 0.25) is 0 Å². The Bertz CT molecular complexity index is 553. The van der Waals surface area contributed by atoms with Crippen LogP contribution in [0.25, 0.3) is 0 Å².